The number of sulfonamides is 1. The number of benzene rings is 3. The van der Waals surface area contributed by atoms with Gasteiger partial charge in [-0.25, -0.2) is 17.6 Å². The maximum atomic E-state index is 13.8. The monoisotopic (exact) mass is 600 g/mol. The number of amides is 1. The molecule has 1 aliphatic heterocycles. The fourth-order valence-electron chi connectivity index (χ4n) is 4.71. The summed E-state index contributed by atoms with van der Waals surface area (Å²) >= 11 is 0. The first-order valence-corrected chi connectivity index (χ1v) is 15.3. The molecule has 3 aromatic carbocycles. The molecular formula is C31H34F2N2O6S. The van der Waals surface area contributed by atoms with E-state index >= 15 is 0 Å². The fraction of sp³-hybridized carbons (Fsp3) is 0.355. The van der Waals surface area contributed by atoms with Crippen molar-refractivity contribution in [2.45, 2.75) is 55.7 Å². The topological polar surface area (TPSA) is 102 Å². The molecule has 4 rings (SSSR count). The number of rotatable bonds is 13. The summed E-state index contributed by atoms with van der Waals surface area (Å²) < 4.78 is 65.1. The molecule has 0 radical (unpaired) electrons. The number of alkyl halides is 1. The molecule has 42 heavy (non-hydrogen) atoms. The van der Waals surface area contributed by atoms with Crippen molar-refractivity contribution in [1.29, 1.82) is 0 Å². The second-order valence-corrected chi connectivity index (χ2v) is 11.9. The Balaban J connectivity index is 1.52. The van der Waals surface area contributed by atoms with Crippen molar-refractivity contribution in [3.8, 4) is 5.75 Å². The highest BCUT2D eigenvalue weighted by Gasteiger charge is 2.39. The summed E-state index contributed by atoms with van der Waals surface area (Å²) in [5.41, 5.74) is 1.47. The highest BCUT2D eigenvalue weighted by molar-refractivity contribution is 7.89. The van der Waals surface area contributed by atoms with Crippen LogP contribution < -0.4 is 10.1 Å². The van der Waals surface area contributed by atoms with E-state index < -0.39 is 46.5 Å². The lowest BCUT2D eigenvalue weighted by Crippen LogP contribution is -2.55. The van der Waals surface area contributed by atoms with E-state index in [1.165, 1.54) is 12.1 Å². The number of nitrogens with zero attached hydrogens (tertiary/aromatic N) is 1. The maximum absolute atomic E-state index is 13.8. The van der Waals surface area contributed by atoms with Gasteiger partial charge in [0.25, 0.3) is 0 Å². The third-order valence-corrected chi connectivity index (χ3v) is 8.80. The highest BCUT2D eigenvalue weighted by Crippen LogP contribution is 2.26. The van der Waals surface area contributed by atoms with E-state index in [2.05, 4.69) is 5.32 Å². The zero-order chi connectivity index (χ0) is 30.0. The first kappa shape index (κ1) is 31.1. The molecule has 1 N–H and O–H groups in total. The van der Waals surface area contributed by atoms with E-state index in [0.717, 1.165) is 22.0 Å². The minimum Gasteiger partial charge on any atom is -0.494 e. The first-order chi connectivity index (χ1) is 20.3. The van der Waals surface area contributed by atoms with E-state index in [4.69, 9.17) is 9.47 Å². The van der Waals surface area contributed by atoms with Crippen LogP contribution in [-0.2, 0) is 37.4 Å². The largest absolute Gasteiger partial charge is 0.494 e. The van der Waals surface area contributed by atoms with Gasteiger partial charge in [0.05, 0.1) is 18.2 Å². The summed E-state index contributed by atoms with van der Waals surface area (Å²) in [6, 6.07) is 18.4. The van der Waals surface area contributed by atoms with Crippen molar-refractivity contribution in [3.63, 3.8) is 0 Å². The lowest BCUT2D eigenvalue weighted by Gasteiger charge is -2.34. The quantitative estimate of drug-likeness (QED) is 0.228. The number of piperidine rings is 1. The normalized spacial score (nSPS) is 16.4. The molecule has 0 aromatic heterocycles. The van der Waals surface area contributed by atoms with Gasteiger partial charge in [-0.05, 0) is 54.3 Å². The average Bonchev–Trinajstić information content (AvgIpc) is 3.01. The van der Waals surface area contributed by atoms with Crippen LogP contribution >= 0.6 is 0 Å². The van der Waals surface area contributed by atoms with Crippen LogP contribution in [0, 0.1) is 5.82 Å². The summed E-state index contributed by atoms with van der Waals surface area (Å²) in [7, 11) is -4.18. The minimum absolute atomic E-state index is 0.00308. The summed E-state index contributed by atoms with van der Waals surface area (Å²) in [6.45, 7) is -0.163. The standard InChI is InChI=1S/C31H34F2N2O6S/c32-17-7-19-40-26-15-13-23(14-16-26)20-28(31(37)41-22-24-8-2-1-3-9-24)34-30(36)29-12-4-5-18-35(29)42(38,39)27-11-6-10-25(33)21-27/h1-3,6,8-11,13-16,21,28-29H,4-5,7,12,17-20,22H2,(H,34,36)/t28-,29-/m0/s1. The molecular weight excluding hydrogens is 566 g/mol. The number of halogens is 2. The van der Waals surface area contributed by atoms with Gasteiger partial charge in [0.1, 0.15) is 30.3 Å². The Labute approximate surface area is 244 Å². The SMILES string of the molecule is O=C(OCc1ccccc1)[C@H](Cc1ccc(OCCCF)cc1)NC(=O)[C@@H]1CCCCN1S(=O)(=O)c1cccc(F)c1. The number of carbonyl (C=O) groups is 2. The molecule has 2 atom stereocenters. The van der Waals surface area contributed by atoms with Gasteiger partial charge in [-0.2, -0.15) is 4.31 Å². The minimum atomic E-state index is -4.18. The van der Waals surface area contributed by atoms with Crippen molar-refractivity contribution in [3.05, 3.63) is 95.8 Å². The van der Waals surface area contributed by atoms with Crippen LogP contribution in [0.5, 0.6) is 5.75 Å². The molecule has 1 aliphatic rings. The lowest BCUT2D eigenvalue weighted by atomic mass is 10.0. The highest BCUT2D eigenvalue weighted by atomic mass is 32.2. The fourth-order valence-corrected chi connectivity index (χ4v) is 6.40. The molecule has 224 valence electrons. The number of carbonyl (C=O) groups excluding carboxylic acids is 2. The summed E-state index contributed by atoms with van der Waals surface area (Å²) in [4.78, 5) is 26.6. The van der Waals surface area contributed by atoms with Crippen LogP contribution in [0.2, 0.25) is 0 Å². The van der Waals surface area contributed by atoms with Crippen LogP contribution in [-0.4, -0.2) is 56.5 Å². The molecule has 3 aromatic rings. The van der Waals surface area contributed by atoms with Gasteiger partial charge >= 0.3 is 5.97 Å². The molecule has 0 saturated carbocycles. The van der Waals surface area contributed by atoms with Gasteiger partial charge in [0.2, 0.25) is 15.9 Å². The first-order valence-electron chi connectivity index (χ1n) is 13.8. The Hall–Kier alpha value is -3.83. The molecule has 0 aliphatic carbocycles. The number of hydrogen-bond donors (Lipinski definition) is 1. The lowest BCUT2D eigenvalue weighted by molar-refractivity contribution is -0.149. The average molecular weight is 601 g/mol. The Kier molecular flexibility index (Phi) is 11.0. The van der Waals surface area contributed by atoms with E-state index in [0.29, 0.717) is 24.2 Å². The number of hydrogen-bond acceptors (Lipinski definition) is 6. The predicted molar refractivity (Wildman–Crippen MR) is 152 cm³/mol. The number of esters is 1. The molecule has 0 bridgehead atoms. The van der Waals surface area contributed by atoms with E-state index in [-0.39, 0.29) is 43.9 Å². The molecule has 1 amide bonds. The molecule has 0 spiro atoms. The van der Waals surface area contributed by atoms with Crippen LogP contribution in [0.4, 0.5) is 8.78 Å². The molecule has 1 heterocycles. The zero-order valence-corrected chi connectivity index (χ0v) is 23.9. The maximum Gasteiger partial charge on any atom is 0.329 e. The van der Waals surface area contributed by atoms with Crippen LogP contribution in [0.25, 0.3) is 0 Å². The van der Waals surface area contributed by atoms with Crippen molar-refractivity contribution >= 4 is 21.9 Å². The molecule has 0 unspecified atom stereocenters. The molecule has 1 saturated heterocycles. The molecule has 11 heteroatoms. The molecule has 8 nitrogen and oxygen atoms in total. The predicted octanol–water partition coefficient (Wildman–Crippen LogP) is 4.58. The van der Waals surface area contributed by atoms with Gasteiger partial charge in [-0.1, -0.05) is 55.0 Å². The zero-order valence-electron chi connectivity index (χ0n) is 23.1. The van der Waals surface area contributed by atoms with Crippen molar-refractivity contribution in [2.75, 3.05) is 19.8 Å². The van der Waals surface area contributed by atoms with Crippen LogP contribution in [0.1, 0.15) is 36.8 Å². The Morgan fingerprint density at radius 3 is 2.45 bits per heavy atom. The van der Waals surface area contributed by atoms with Gasteiger partial charge < -0.3 is 14.8 Å². The van der Waals surface area contributed by atoms with Crippen LogP contribution in [0.3, 0.4) is 0 Å². The van der Waals surface area contributed by atoms with Gasteiger partial charge in [0, 0.05) is 19.4 Å². The van der Waals surface area contributed by atoms with Crippen LogP contribution in [0.15, 0.2) is 83.8 Å². The van der Waals surface area contributed by atoms with E-state index in [1.54, 1.807) is 36.4 Å². The Bertz CT molecular complexity index is 1440. The van der Waals surface area contributed by atoms with Crippen molar-refractivity contribution < 1.29 is 36.3 Å². The number of nitrogens with one attached hydrogen (secondary N) is 1. The van der Waals surface area contributed by atoms with Crippen molar-refractivity contribution in [2.24, 2.45) is 0 Å². The Morgan fingerprint density at radius 2 is 1.74 bits per heavy atom. The second-order valence-electron chi connectivity index (χ2n) is 9.98. The second kappa shape index (κ2) is 14.9. The van der Waals surface area contributed by atoms with Gasteiger partial charge in [-0.3, -0.25) is 9.18 Å². The summed E-state index contributed by atoms with van der Waals surface area (Å²) in [5, 5.41) is 2.73. The summed E-state index contributed by atoms with van der Waals surface area (Å²) in [5.74, 6) is -1.47. The third-order valence-electron chi connectivity index (χ3n) is 6.89. The van der Waals surface area contributed by atoms with Gasteiger partial charge in [-0.15, -0.1) is 0 Å². The number of ether oxygens (including phenoxy) is 2. The molecule has 1 fully saturated rings. The Morgan fingerprint density at radius 1 is 0.976 bits per heavy atom. The van der Waals surface area contributed by atoms with E-state index in [9.17, 15) is 26.8 Å². The smallest absolute Gasteiger partial charge is 0.329 e. The van der Waals surface area contributed by atoms with E-state index in [1.807, 2.05) is 18.2 Å². The van der Waals surface area contributed by atoms with Gasteiger partial charge in [0.15, 0.2) is 0 Å². The van der Waals surface area contributed by atoms with Crippen molar-refractivity contribution in [1.82, 2.24) is 9.62 Å². The summed E-state index contributed by atoms with van der Waals surface area (Å²) in [6.07, 6.45) is 1.75. The third kappa shape index (κ3) is 8.36.